The van der Waals surface area contributed by atoms with Crippen molar-refractivity contribution in [2.24, 2.45) is 7.05 Å². The van der Waals surface area contributed by atoms with Crippen molar-refractivity contribution < 1.29 is 4.79 Å². The number of hydrogen-bond donors (Lipinski definition) is 0. The van der Waals surface area contributed by atoms with Crippen molar-refractivity contribution >= 4 is 32.6 Å². The normalized spacial score (nSPS) is 11.1. The molecule has 0 radical (unpaired) electrons. The molecule has 0 unspecified atom stereocenters. The summed E-state index contributed by atoms with van der Waals surface area (Å²) in [7, 11) is 1.83. The van der Waals surface area contributed by atoms with Gasteiger partial charge in [0.15, 0.2) is 10.8 Å². The SMILES string of the molecule is CCc1ccc2nc(N(Cc3ccccc3)C(=O)c3nn(C)cc3C)sc2c1. The van der Waals surface area contributed by atoms with E-state index in [-0.39, 0.29) is 5.91 Å². The Morgan fingerprint density at radius 3 is 2.61 bits per heavy atom. The lowest BCUT2D eigenvalue weighted by molar-refractivity contribution is 0.0979. The van der Waals surface area contributed by atoms with E-state index in [2.05, 4.69) is 24.2 Å². The Balaban J connectivity index is 1.78. The Bertz CT molecular complexity index is 1130. The fraction of sp³-hybridized carbons (Fsp3) is 0.227. The smallest absolute Gasteiger partial charge is 0.278 e. The van der Waals surface area contributed by atoms with Gasteiger partial charge in [0.05, 0.1) is 16.8 Å². The molecule has 4 aromatic rings. The van der Waals surface area contributed by atoms with Crippen LogP contribution in [0.25, 0.3) is 10.2 Å². The third-order valence-corrected chi connectivity index (χ3v) is 5.76. The van der Waals surface area contributed by atoms with E-state index in [0.717, 1.165) is 27.8 Å². The Labute approximate surface area is 168 Å². The monoisotopic (exact) mass is 390 g/mol. The second-order valence-corrected chi connectivity index (χ2v) is 7.87. The van der Waals surface area contributed by atoms with Crippen molar-refractivity contribution in [1.29, 1.82) is 0 Å². The summed E-state index contributed by atoms with van der Waals surface area (Å²) in [6.07, 6.45) is 2.84. The molecule has 0 aliphatic heterocycles. The van der Waals surface area contributed by atoms with Gasteiger partial charge in [-0.05, 0) is 36.6 Å². The summed E-state index contributed by atoms with van der Waals surface area (Å²) in [4.78, 5) is 19.9. The number of benzene rings is 2. The largest absolute Gasteiger partial charge is 0.281 e. The summed E-state index contributed by atoms with van der Waals surface area (Å²) in [5.74, 6) is -0.128. The van der Waals surface area contributed by atoms with E-state index < -0.39 is 0 Å². The molecule has 0 aliphatic rings. The van der Waals surface area contributed by atoms with Gasteiger partial charge < -0.3 is 0 Å². The zero-order valence-electron chi connectivity index (χ0n) is 16.2. The summed E-state index contributed by atoms with van der Waals surface area (Å²) < 4.78 is 2.77. The highest BCUT2D eigenvalue weighted by Gasteiger charge is 2.25. The molecule has 0 saturated heterocycles. The van der Waals surface area contributed by atoms with Gasteiger partial charge in [0.1, 0.15) is 0 Å². The first-order chi connectivity index (χ1) is 13.5. The van der Waals surface area contributed by atoms with Gasteiger partial charge in [-0.25, -0.2) is 4.98 Å². The molecule has 4 rings (SSSR count). The second-order valence-electron chi connectivity index (χ2n) is 6.86. The molecule has 2 aromatic carbocycles. The Morgan fingerprint density at radius 2 is 1.93 bits per heavy atom. The maximum Gasteiger partial charge on any atom is 0.281 e. The summed E-state index contributed by atoms with van der Waals surface area (Å²) in [5, 5.41) is 5.08. The number of aryl methyl sites for hydroxylation is 3. The number of aromatic nitrogens is 3. The fourth-order valence-corrected chi connectivity index (χ4v) is 4.26. The first kappa shape index (κ1) is 18.4. The van der Waals surface area contributed by atoms with Crippen molar-refractivity contribution in [3.05, 3.63) is 77.1 Å². The molecular weight excluding hydrogens is 368 g/mol. The topological polar surface area (TPSA) is 51.0 Å². The van der Waals surface area contributed by atoms with E-state index in [1.54, 1.807) is 20.9 Å². The summed E-state index contributed by atoms with van der Waals surface area (Å²) >= 11 is 1.55. The van der Waals surface area contributed by atoms with Gasteiger partial charge >= 0.3 is 0 Å². The van der Waals surface area contributed by atoms with Crippen molar-refractivity contribution in [3.63, 3.8) is 0 Å². The first-order valence-corrected chi connectivity index (χ1v) is 10.1. The van der Waals surface area contributed by atoms with Crippen molar-refractivity contribution in [2.75, 3.05) is 4.90 Å². The van der Waals surface area contributed by atoms with Crippen LogP contribution in [0.1, 0.15) is 34.1 Å². The van der Waals surface area contributed by atoms with Crippen molar-refractivity contribution in [3.8, 4) is 0 Å². The van der Waals surface area contributed by atoms with Gasteiger partial charge in [-0.1, -0.05) is 54.7 Å². The molecule has 6 heteroatoms. The van der Waals surface area contributed by atoms with E-state index in [9.17, 15) is 4.79 Å². The molecule has 2 aromatic heterocycles. The number of amides is 1. The molecule has 0 fully saturated rings. The van der Waals surface area contributed by atoms with Crippen LogP contribution in [0.4, 0.5) is 5.13 Å². The van der Waals surface area contributed by atoms with E-state index >= 15 is 0 Å². The highest BCUT2D eigenvalue weighted by molar-refractivity contribution is 7.22. The molecule has 28 heavy (non-hydrogen) atoms. The van der Waals surface area contributed by atoms with Crippen LogP contribution in [0.2, 0.25) is 0 Å². The van der Waals surface area contributed by atoms with Crippen LogP contribution in [0.15, 0.2) is 54.7 Å². The maximum atomic E-state index is 13.4. The molecule has 5 nitrogen and oxygen atoms in total. The number of carbonyl (C=O) groups is 1. The summed E-state index contributed by atoms with van der Waals surface area (Å²) in [5.41, 5.74) is 4.56. The average molecular weight is 391 g/mol. The van der Waals surface area contributed by atoms with Crippen LogP contribution >= 0.6 is 11.3 Å². The summed E-state index contributed by atoms with van der Waals surface area (Å²) in [6, 6.07) is 16.3. The number of thiazole rings is 1. The quantitative estimate of drug-likeness (QED) is 0.494. The highest BCUT2D eigenvalue weighted by Crippen LogP contribution is 2.31. The van der Waals surface area contributed by atoms with Gasteiger partial charge in [-0.15, -0.1) is 0 Å². The van der Waals surface area contributed by atoms with Crippen molar-refractivity contribution in [2.45, 2.75) is 26.8 Å². The number of anilines is 1. The Morgan fingerprint density at radius 1 is 1.14 bits per heavy atom. The number of rotatable bonds is 5. The predicted octanol–water partition coefficient (Wildman–Crippen LogP) is 4.75. The third-order valence-electron chi connectivity index (χ3n) is 4.72. The molecule has 1 amide bonds. The van der Waals surface area contributed by atoms with Gasteiger partial charge in [0.2, 0.25) is 0 Å². The van der Waals surface area contributed by atoms with Crippen LogP contribution in [0, 0.1) is 6.92 Å². The molecule has 0 bridgehead atoms. The second kappa shape index (κ2) is 7.56. The van der Waals surface area contributed by atoms with Gasteiger partial charge in [-0.2, -0.15) is 5.10 Å². The van der Waals surface area contributed by atoms with Gasteiger partial charge in [-0.3, -0.25) is 14.4 Å². The highest BCUT2D eigenvalue weighted by atomic mass is 32.1. The molecule has 0 saturated carbocycles. The van der Waals surface area contributed by atoms with Gasteiger partial charge in [0.25, 0.3) is 5.91 Å². The molecule has 0 atom stereocenters. The first-order valence-electron chi connectivity index (χ1n) is 9.30. The maximum absolute atomic E-state index is 13.4. The molecule has 2 heterocycles. The zero-order chi connectivity index (χ0) is 19.7. The van der Waals surface area contributed by atoms with Crippen LogP contribution in [-0.4, -0.2) is 20.7 Å². The Hall–Kier alpha value is -2.99. The minimum Gasteiger partial charge on any atom is -0.278 e. The zero-order valence-corrected chi connectivity index (χ0v) is 17.0. The third kappa shape index (κ3) is 3.55. The Kier molecular flexibility index (Phi) is 4.96. The number of carbonyl (C=O) groups excluding carboxylic acids is 1. The minimum atomic E-state index is -0.128. The lowest BCUT2D eigenvalue weighted by atomic mass is 10.2. The average Bonchev–Trinajstić information content (AvgIpc) is 3.27. The number of fused-ring (bicyclic) bond motifs is 1. The van der Waals surface area contributed by atoms with E-state index in [1.807, 2.05) is 56.6 Å². The molecule has 0 aliphatic carbocycles. The molecule has 0 spiro atoms. The molecular formula is C22H22N4OS. The van der Waals surface area contributed by atoms with Crippen LogP contribution in [0.5, 0.6) is 0 Å². The van der Waals surface area contributed by atoms with E-state index in [1.165, 1.54) is 5.56 Å². The predicted molar refractivity (Wildman–Crippen MR) is 114 cm³/mol. The van der Waals surface area contributed by atoms with Crippen LogP contribution < -0.4 is 4.90 Å². The number of nitrogens with zero attached hydrogens (tertiary/aromatic N) is 4. The van der Waals surface area contributed by atoms with Crippen LogP contribution in [0.3, 0.4) is 0 Å². The van der Waals surface area contributed by atoms with E-state index in [4.69, 9.17) is 4.98 Å². The minimum absolute atomic E-state index is 0.128. The lowest BCUT2D eigenvalue weighted by Gasteiger charge is -2.19. The fourth-order valence-electron chi connectivity index (χ4n) is 3.23. The van der Waals surface area contributed by atoms with E-state index in [0.29, 0.717) is 17.4 Å². The van der Waals surface area contributed by atoms with Gasteiger partial charge in [0, 0.05) is 18.8 Å². The lowest BCUT2D eigenvalue weighted by Crippen LogP contribution is -2.31. The summed E-state index contributed by atoms with van der Waals surface area (Å²) in [6.45, 7) is 4.50. The number of hydrogen-bond acceptors (Lipinski definition) is 4. The standard InChI is InChI=1S/C22H22N4OS/c1-4-16-10-11-18-19(12-16)28-22(23-18)26(14-17-8-6-5-7-9-17)21(27)20-15(2)13-25(3)24-20/h5-13H,4,14H2,1-3H3. The molecule has 142 valence electrons. The molecule has 0 N–H and O–H groups in total. The van der Waals surface area contributed by atoms with Crippen LogP contribution in [-0.2, 0) is 20.0 Å². The van der Waals surface area contributed by atoms with Crippen molar-refractivity contribution in [1.82, 2.24) is 14.8 Å².